The van der Waals surface area contributed by atoms with Crippen LogP contribution < -0.4 is 10.2 Å². The minimum absolute atomic E-state index is 0.330. The number of H-pyrrole nitrogens is 1. The number of hydrazone groups is 1. The molecule has 33 heavy (non-hydrogen) atoms. The van der Waals surface area contributed by atoms with Crippen LogP contribution >= 0.6 is 0 Å². The smallest absolute Gasteiger partial charge is 0.289 e. The van der Waals surface area contributed by atoms with Crippen LogP contribution in [0.25, 0.3) is 17.3 Å². The van der Waals surface area contributed by atoms with Gasteiger partial charge in [0.2, 0.25) is 0 Å². The number of aromatic amines is 1. The maximum atomic E-state index is 12.4. The molecule has 0 unspecified atom stereocenters. The van der Waals surface area contributed by atoms with E-state index in [9.17, 15) is 4.79 Å². The summed E-state index contributed by atoms with van der Waals surface area (Å²) < 4.78 is 5.81. The van der Waals surface area contributed by atoms with E-state index >= 15 is 0 Å². The van der Waals surface area contributed by atoms with Gasteiger partial charge in [0.15, 0.2) is 0 Å². The molecule has 6 nitrogen and oxygen atoms in total. The standard InChI is InChI=1S/C27H24N4O2/c1-20(16-21-8-4-2-5-9-21)18-28-31-27(32)26-17-25(29-30-26)23-12-14-24(15-13-23)33-19-22-10-6-3-7-11-22/h2-18H,19H2,1H3,(H,29,30)(H,31,32)/b20-16+,28-18-. The number of amides is 1. The third-order valence-electron chi connectivity index (χ3n) is 4.85. The summed E-state index contributed by atoms with van der Waals surface area (Å²) in [5.41, 5.74) is 7.49. The van der Waals surface area contributed by atoms with E-state index < -0.39 is 0 Å². The van der Waals surface area contributed by atoms with Crippen molar-refractivity contribution in [2.75, 3.05) is 0 Å². The van der Waals surface area contributed by atoms with Crippen molar-refractivity contribution >= 4 is 18.2 Å². The van der Waals surface area contributed by atoms with Crippen LogP contribution in [0.3, 0.4) is 0 Å². The second-order valence-electron chi connectivity index (χ2n) is 7.46. The largest absolute Gasteiger partial charge is 0.489 e. The first kappa shape index (κ1) is 21.8. The Morgan fingerprint density at radius 3 is 2.42 bits per heavy atom. The first-order chi connectivity index (χ1) is 16.2. The molecule has 0 aliphatic rings. The number of aromatic nitrogens is 2. The maximum Gasteiger partial charge on any atom is 0.289 e. The first-order valence-electron chi connectivity index (χ1n) is 10.6. The number of benzene rings is 3. The second-order valence-corrected chi connectivity index (χ2v) is 7.46. The van der Waals surface area contributed by atoms with Crippen LogP contribution in [0.5, 0.6) is 5.75 Å². The van der Waals surface area contributed by atoms with Crippen molar-refractivity contribution < 1.29 is 9.53 Å². The predicted octanol–water partition coefficient (Wildman–Crippen LogP) is 5.47. The molecule has 0 saturated carbocycles. The van der Waals surface area contributed by atoms with Gasteiger partial charge in [0.05, 0.1) is 11.9 Å². The lowest BCUT2D eigenvalue weighted by Gasteiger charge is -2.06. The average molecular weight is 437 g/mol. The van der Waals surface area contributed by atoms with Gasteiger partial charge in [-0.05, 0) is 54.0 Å². The van der Waals surface area contributed by atoms with Gasteiger partial charge in [-0.15, -0.1) is 0 Å². The highest BCUT2D eigenvalue weighted by Gasteiger charge is 2.10. The lowest BCUT2D eigenvalue weighted by Crippen LogP contribution is -2.17. The Morgan fingerprint density at radius 2 is 1.70 bits per heavy atom. The molecule has 2 N–H and O–H groups in total. The van der Waals surface area contributed by atoms with Crippen LogP contribution in [0.2, 0.25) is 0 Å². The summed E-state index contributed by atoms with van der Waals surface area (Å²) >= 11 is 0. The summed E-state index contributed by atoms with van der Waals surface area (Å²) in [6, 6.07) is 29.2. The van der Waals surface area contributed by atoms with Gasteiger partial charge < -0.3 is 4.74 Å². The van der Waals surface area contributed by atoms with Crippen LogP contribution in [0.1, 0.15) is 28.5 Å². The number of nitrogens with one attached hydrogen (secondary N) is 2. The fraction of sp³-hybridized carbons (Fsp3) is 0.0741. The number of carbonyl (C=O) groups excluding carboxylic acids is 1. The Bertz CT molecular complexity index is 1240. The highest BCUT2D eigenvalue weighted by atomic mass is 16.5. The normalized spacial score (nSPS) is 11.5. The van der Waals surface area contributed by atoms with Gasteiger partial charge in [0, 0.05) is 5.56 Å². The number of nitrogens with zero attached hydrogens (tertiary/aromatic N) is 2. The van der Waals surface area contributed by atoms with E-state index in [1.165, 1.54) is 0 Å². The summed E-state index contributed by atoms with van der Waals surface area (Å²) in [5.74, 6) is 0.407. The second kappa shape index (κ2) is 10.7. The van der Waals surface area contributed by atoms with Crippen molar-refractivity contribution in [3.63, 3.8) is 0 Å². The van der Waals surface area contributed by atoms with Gasteiger partial charge in [-0.2, -0.15) is 10.2 Å². The van der Waals surface area contributed by atoms with Crippen LogP contribution in [0.4, 0.5) is 0 Å². The topological polar surface area (TPSA) is 79.4 Å². The van der Waals surface area contributed by atoms with Crippen molar-refractivity contribution in [2.24, 2.45) is 5.10 Å². The van der Waals surface area contributed by atoms with Gasteiger partial charge in [-0.3, -0.25) is 9.89 Å². The minimum atomic E-state index is -0.361. The van der Waals surface area contributed by atoms with Crippen LogP contribution in [-0.2, 0) is 6.61 Å². The third kappa shape index (κ3) is 6.27. The van der Waals surface area contributed by atoms with Crippen molar-refractivity contribution in [1.82, 2.24) is 15.6 Å². The lowest BCUT2D eigenvalue weighted by atomic mass is 10.1. The van der Waals surface area contributed by atoms with E-state index in [4.69, 9.17) is 4.74 Å². The Morgan fingerprint density at radius 1 is 1.00 bits per heavy atom. The Hall–Kier alpha value is -4.45. The molecule has 6 heteroatoms. The minimum Gasteiger partial charge on any atom is -0.489 e. The van der Waals surface area contributed by atoms with E-state index in [1.54, 1.807) is 12.3 Å². The molecule has 0 fully saturated rings. The fourth-order valence-electron chi connectivity index (χ4n) is 3.15. The van der Waals surface area contributed by atoms with Gasteiger partial charge >= 0.3 is 0 Å². The van der Waals surface area contributed by atoms with E-state index in [0.717, 1.165) is 28.0 Å². The third-order valence-corrected chi connectivity index (χ3v) is 4.85. The van der Waals surface area contributed by atoms with Crippen molar-refractivity contribution in [3.8, 4) is 17.0 Å². The molecule has 0 atom stereocenters. The highest BCUT2D eigenvalue weighted by molar-refractivity contribution is 5.94. The molecule has 3 aromatic carbocycles. The molecule has 1 aromatic heterocycles. The molecule has 1 heterocycles. The molecule has 4 rings (SSSR count). The summed E-state index contributed by atoms with van der Waals surface area (Å²) in [6.07, 6.45) is 3.59. The van der Waals surface area contributed by atoms with Crippen LogP contribution in [0.15, 0.2) is 102 Å². The summed E-state index contributed by atoms with van der Waals surface area (Å²) in [4.78, 5) is 12.4. The van der Waals surface area contributed by atoms with E-state index in [-0.39, 0.29) is 5.91 Å². The lowest BCUT2D eigenvalue weighted by molar-refractivity contribution is 0.0950. The Labute approximate surface area is 192 Å². The number of hydrogen-bond acceptors (Lipinski definition) is 4. The zero-order chi connectivity index (χ0) is 22.9. The van der Waals surface area contributed by atoms with Gasteiger partial charge in [0.25, 0.3) is 5.91 Å². The SMILES string of the molecule is CC(/C=N\NC(=O)c1cc(-c2ccc(OCc3ccccc3)cc2)n[nH]1)=C\c1ccccc1. The maximum absolute atomic E-state index is 12.4. The molecule has 0 bridgehead atoms. The Kier molecular flexibility index (Phi) is 7.08. The molecule has 0 aliphatic heterocycles. The summed E-state index contributed by atoms with van der Waals surface area (Å²) in [5, 5.41) is 11.0. The quantitative estimate of drug-likeness (QED) is 0.284. The first-order valence-corrected chi connectivity index (χ1v) is 10.6. The van der Waals surface area contributed by atoms with E-state index in [0.29, 0.717) is 18.0 Å². The average Bonchev–Trinajstić information content (AvgIpc) is 3.35. The fourth-order valence-corrected chi connectivity index (χ4v) is 3.15. The van der Waals surface area contributed by atoms with Crippen molar-refractivity contribution in [1.29, 1.82) is 0 Å². The number of ether oxygens (including phenoxy) is 1. The van der Waals surface area contributed by atoms with E-state index in [2.05, 4.69) is 20.7 Å². The molecule has 0 spiro atoms. The monoisotopic (exact) mass is 436 g/mol. The predicted molar refractivity (Wildman–Crippen MR) is 131 cm³/mol. The molecule has 0 saturated heterocycles. The molecule has 164 valence electrons. The summed E-state index contributed by atoms with van der Waals surface area (Å²) in [7, 11) is 0. The molecule has 4 aromatic rings. The Balaban J connectivity index is 1.32. The number of allylic oxidation sites excluding steroid dienone is 1. The molecule has 1 amide bonds. The van der Waals surface area contributed by atoms with Crippen LogP contribution in [0, 0.1) is 0 Å². The molecule has 0 aliphatic carbocycles. The van der Waals surface area contributed by atoms with E-state index in [1.807, 2.05) is 97.9 Å². The number of hydrogen-bond donors (Lipinski definition) is 2. The molecule has 0 radical (unpaired) electrons. The molecular weight excluding hydrogens is 412 g/mol. The van der Waals surface area contributed by atoms with Crippen LogP contribution in [-0.4, -0.2) is 22.3 Å². The zero-order valence-corrected chi connectivity index (χ0v) is 18.2. The number of rotatable bonds is 8. The van der Waals surface area contributed by atoms with Gasteiger partial charge in [-0.1, -0.05) is 66.7 Å². The number of carbonyl (C=O) groups is 1. The highest BCUT2D eigenvalue weighted by Crippen LogP contribution is 2.22. The summed E-state index contributed by atoms with van der Waals surface area (Å²) in [6.45, 7) is 2.43. The zero-order valence-electron chi connectivity index (χ0n) is 18.2. The van der Waals surface area contributed by atoms with Crippen molar-refractivity contribution in [3.05, 3.63) is 113 Å². The van der Waals surface area contributed by atoms with Crippen molar-refractivity contribution in [2.45, 2.75) is 13.5 Å². The van der Waals surface area contributed by atoms with Gasteiger partial charge in [-0.25, -0.2) is 5.43 Å². The van der Waals surface area contributed by atoms with Gasteiger partial charge in [0.1, 0.15) is 18.1 Å². The molecular formula is C27H24N4O2.